The minimum Gasteiger partial charge on any atom is -0.497 e. The maximum absolute atomic E-state index is 10.8. The first-order chi connectivity index (χ1) is 10.8. The average Bonchev–Trinajstić information content (AvgIpc) is 2.52. The molecule has 0 amide bonds. The lowest BCUT2D eigenvalue weighted by Crippen LogP contribution is -2.53. The number of fused-ring (bicyclic) bond motifs is 3. The van der Waals surface area contributed by atoms with Crippen molar-refractivity contribution >= 4 is 0 Å². The van der Waals surface area contributed by atoms with Crippen molar-refractivity contribution < 1.29 is 9.84 Å². The number of hydrogen-bond acceptors (Lipinski definition) is 2. The fraction of sp³-hybridized carbons (Fsp3) is 0.714. The van der Waals surface area contributed by atoms with Crippen LogP contribution in [0.3, 0.4) is 0 Å². The normalized spacial score (nSPS) is 33.7. The number of aliphatic hydroxyl groups is 1. The molecule has 2 heteroatoms. The molecule has 1 saturated carbocycles. The van der Waals surface area contributed by atoms with Crippen molar-refractivity contribution in [2.24, 2.45) is 17.3 Å². The third kappa shape index (κ3) is 2.59. The van der Waals surface area contributed by atoms with Crippen LogP contribution in [0.15, 0.2) is 18.2 Å². The van der Waals surface area contributed by atoms with Crippen LogP contribution in [0.5, 0.6) is 5.75 Å². The molecule has 1 N–H and O–H groups in total. The molecule has 2 nitrogen and oxygen atoms in total. The summed E-state index contributed by atoms with van der Waals surface area (Å²) in [4.78, 5) is 0. The molecule has 0 spiro atoms. The number of rotatable bonds is 3. The minimum absolute atomic E-state index is 0.0207. The second-order valence-electron chi connectivity index (χ2n) is 8.40. The average molecular weight is 316 g/mol. The molecular formula is C21H32O2. The van der Waals surface area contributed by atoms with Gasteiger partial charge >= 0.3 is 0 Å². The summed E-state index contributed by atoms with van der Waals surface area (Å²) < 4.78 is 5.40. The van der Waals surface area contributed by atoms with E-state index in [-0.39, 0.29) is 5.41 Å². The Morgan fingerprint density at radius 3 is 2.65 bits per heavy atom. The van der Waals surface area contributed by atoms with E-state index in [4.69, 9.17) is 4.74 Å². The molecule has 0 unspecified atom stereocenters. The molecule has 1 fully saturated rings. The van der Waals surface area contributed by atoms with E-state index < -0.39 is 5.60 Å². The number of benzene rings is 1. The second kappa shape index (κ2) is 5.81. The van der Waals surface area contributed by atoms with Crippen LogP contribution in [0.2, 0.25) is 0 Å². The van der Waals surface area contributed by atoms with Gasteiger partial charge in [-0.25, -0.2) is 0 Å². The highest BCUT2D eigenvalue weighted by Crippen LogP contribution is 2.59. The lowest BCUT2D eigenvalue weighted by Gasteiger charge is -2.56. The summed E-state index contributed by atoms with van der Waals surface area (Å²) in [5.41, 5.74) is 2.43. The van der Waals surface area contributed by atoms with Crippen LogP contribution >= 0.6 is 0 Å². The van der Waals surface area contributed by atoms with Gasteiger partial charge in [0.1, 0.15) is 5.75 Å². The Hall–Kier alpha value is -1.02. The molecule has 23 heavy (non-hydrogen) atoms. The maximum atomic E-state index is 10.8. The summed E-state index contributed by atoms with van der Waals surface area (Å²) in [6.07, 6.45) is 5.86. The molecule has 2 aliphatic rings. The monoisotopic (exact) mass is 316 g/mol. The first-order valence-corrected chi connectivity index (χ1v) is 9.21. The molecule has 0 bridgehead atoms. The van der Waals surface area contributed by atoms with Crippen molar-refractivity contribution in [2.45, 2.75) is 71.3 Å². The highest BCUT2D eigenvalue weighted by molar-refractivity contribution is 5.40. The Kier molecular flexibility index (Phi) is 4.25. The predicted molar refractivity (Wildman–Crippen MR) is 95.0 cm³/mol. The molecule has 0 saturated heterocycles. The second-order valence-corrected chi connectivity index (χ2v) is 8.40. The molecule has 0 aromatic heterocycles. The zero-order chi connectivity index (χ0) is 16.8. The van der Waals surface area contributed by atoms with Crippen LogP contribution < -0.4 is 4.74 Å². The first-order valence-electron chi connectivity index (χ1n) is 9.21. The smallest absolute Gasteiger partial charge is 0.119 e. The SMILES string of the molecule is CC[C@H]1[C@@H]2CCc3cc(OC)ccc3[C@H]2CC[C@]1(C)C(C)(C)O. The summed E-state index contributed by atoms with van der Waals surface area (Å²) in [5.74, 6) is 2.93. The lowest BCUT2D eigenvalue weighted by molar-refractivity contribution is -0.124. The van der Waals surface area contributed by atoms with Crippen molar-refractivity contribution in [3.63, 3.8) is 0 Å². The van der Waals surface area contributed by atoms with Crippen LogP contribution in [0.25, 0.3) is 0 Å². The molecule has 0 heterocycles. The molecule has 0 radical (unpaired) electrons. The van der Waals surface area contributed by atoms with Gasteiger partial charge in [-0.05, 0) is 86.0 Å². The number of ether oxygens (including phenoxy) is 1. The van der Waals surface area contributed by atoms with Gasteiger partial charge in [-0.3, -0.25) is 0 Å². The fourth-order valence-corrected chi connectivity index (χ4v) is 5.52. The zero-order valence-electron chi connectivity index (χ0n) is 15.4. The van der Waals surface area contributed by atoms with Gasteiger partial charge in [0, 0.05) is 0 Å². The van der Waals surface area contributed by atoms with Gasteiger partial charge in [0.2, 0.25) is 0 Å². The molecule has 4 atom stereocenters. The van der Waals surface area contributed by atoms with E-state index >= 15 is 0 Å². The number of hydrogen-bond donors (Lipinski definition) is 1. The van der Waals surface area contributed by atoms with Crippen LogP contribution in [-0.4, -0.2) is 17.8 Å². The summed E-state index contributed by atoms with van der Waals surface area (Å²) in [6, 6.07) is 6.65. The van der Waals surface area contributed by atoms with E-state index in [0.29, 0.717) is 17.8 Å². The van der Waals surface area contributed by atoms with Gasteiger partial charge in [-0.2, -0.15) is 0 Å². The fourth-order valence-electron chi connectivity index (χ4n) is 5.52. The van der Waals surface area contributed by atoms with Crippen LogP contribution in [-0.2, 0) is 6.42 Å². The maximum Gasteiger partial charge on any atom is 0.119 e. The molecular weight excluding hydrogens is 284 g/mol. The van der Waals surface area contributed by atoms with E-state index in [0.717, 1.165) is 25.0 Å². The Bertz CT molecular complexity index is 572. The van der Waals surface area contributed by atoms with Gasteiger partial charge in [0.25, 0.3) is 0 Å². The van der Waals surface area contributed by atoms with E-state index in [1.54, 1.807) is 12.7 Å². The number of methoxy groups -OCH3 is 1. The van der Waals surface area contributed by atoms with E-state index in [1.165, 1.54) is 18.4 Å². The van der Waals surface area contributed by atoms with E-state index in [9.17, 15) is 5.11 Å². The van der Waals surface area contributed by atoms with Crippen LogP contribution in [0.4, 0.5) is 0 Å². The van der Waals surface area contributed by atoms with Gasteiger partial charge in [-0.15, -0.1) is 0 Å². The quantitative estimate of drug-likeness (QED) is 0.856. The lowest BCUT2D eigenvalue weighted by atomic mass is 9.50. The Morgan fingerprint density at radius 1 is 1.30 bits per heavy atom. The summed E-state index contributed by atoms with van der Waals surface area (Å²) in [6.45, 7) is 8.65. The summed E-state index contributed by atoms with van der Waals surface area (Å²) >= 11 is 0. The highest BCUT2D eigenvalue weighted by Gasteiger charge is 2.53. The van der Waals surface area contributed by atoms with Gasteiger partial charge in [-0.1, -0.05) is 26.3 Å². The molecule has 0 aliphatic heterocycles. The third-order valence-corrected chi connectivity index (χ3v) is 7.16. The first kappa shape index (κ1) is 16.8. The molecule has 1 aromatic rings. The van der Waals surface area contributed by atoms with E-state index in [2.05, 4.69) is 32.0 Å². The van der Waals surface area contributed by atoms with Crippen LogP contribution in [0.1, 0.15) is 70.4 Å². The van der Waals surface area contributed by atoms with Crippen molar-refractivity contribution in [3.8, 4) is 5.75 Å². The van der Waals surface area contributed by atoms with Crippen molar-refractivity contribution in [1.29, 1.82) is 0 Å². The van der Waals surface area contributed by atoms with Gasteiger partial charge in [0.15, 0.2) is 0 Å². The van der Waals surface area contributed by atoms with Crippen molar-refractivity contribution in [3.05, 3.63) is 29.3 Å². The highest BCUT2D eigenvalue weighted by atomic mass is 16.5. The summed E-state index contributed by atoms with van der Waals surface area (Å²) in [7, 11) is 1.75. The van der Waals surface area contributed by atoms with Crippen molar-refractivity contribution in [2.75, 3.05) is 7.11 Å². The minimum atomic E-state index is -0.612. The Balaban J connectivity index is 1.96. The van der Waals surface area contributed by atoms with Gasteiger partial charge < -0.3 is 9.84 Å². The van der Waals surface area contributed by atoms with Crippen LogP contribution in [0, 0.1) is 17.3 Å². The van der Waals surface area contributed by atoms with E-state index in [1.807, 2.05) is 13.8 Å². The molecule has 3 rings (SSSR count). The van der Waals surface area contributed by atoms with Gasteiger partial charge in [0.05, 0.1) is 12.7 Å². The van der Waals surface area contributed by atoms with Crippen molar-refractivity contribution in [1.82, 2.24) is 0 Å². The molecule has 2 aliphatic carbocycles. The Morgan fingerprint density at radius 2 is 2.04 bits per heavy atom. The Labute approximate surface area is 141 Å². The molecule has 128 valence electrons. The zero-order valence-corrected chi connectivity index (χ0v) is 15.4. The largest absolute Gasteiger partial charge is 0.497 e. The topological polar surface area (TPSA) is 29.5 Å². The standard InChI is InChI=1S/C21H32O2/c1-6-19-18-9-7-14-13-15(23-5)8-10-16(14)17(18)11-12-21(19,4)20(2,3)22/h8,10,13,17-19,22H,6-7,9,11-12H2,1-5H3/t17-,18-,19+,21+/m1/s1. The molecule has 1 aromatic carbocycles. The predicted octanol–water partition coefficient (Wildman–Crippen LogP) is 4.94. The number of aryl methyl sites for hydroxylation is 1. The summed E-state index contributed by atoms with van der Waals surface area (Å²) in [5, 5.41) is 10.8. The third-order valence-electron chi connectivity index (χ3n) is 7.16.